The van der Waals surface area contributed by atoms with Gasteiger partial charge < -0.3 is 5.32 Å². The van der Waals surface area contributed by atoms with Crippen molar-refractivity contribution in [2.24, 2.45) is 0 Å². The maximum atomic E-state index is 12.5. The van der Waals surface area contributed by atoms with Crippen LogP contribution in [-0.2, 0) is 5.41 Å². The summed E-state index contributed by atoms with van der Waals surface area (Å²) in [4.78, 5) is 12.5. The van der Waals surface area contributed by atoms with Crippen molar-refractivity contribution in [2.45, 2.75) is 47.0 Å². The zero-order valence-corrected chi connectivity index (χ0v) is 14.4. The average Bonchev–Trinajstić information content (AvgIpc) is 2.41. The monoisotopic (exact) mass is 295 g/mol. The number of hydrogen-bond donors (Lipinski definition) is 1. The Morgan fingerprint density at radius 3 is 1.86 bits per heavy atom. The van der Waals surface area contributed by atoms with E-state index in [0.717, 1.165) is 16.8 Å². The minimum atomic E-state index is -0.0597. The Kier molecular flexibility index (Phi) is 4.41. The summed E-state index contributed by atoms with van der Waals surface area (Å²) >= 11 is 0. The molecule has 0 atom stereocenters. The molecule has 0 unspecified atom stereocenters. The van der Waals surface area contributed by atoms with Gasteiger partial charge in [-0.15, -0.1) is 0 Å². The first-order valence-electron chi connectivity index (χ1n) is 7.68. The Labute approximate surface area is 133 Å². The van der Waals surface area contributed by atoms with Crippen LogP contribution in [0.2, 0.25) is 0 Å². The number of carbonyl (C=O) groups is 1. The lowest BCUT2D eigenvalue weighted by molar-refractivity contribution is 0.102. The molecule has 0 saturated carbocycles. The Balaban J connectivity index is 2.23. The zero-order chi connectivity index (χ0) is 16.5. The molecule has 0 aliphatic rings. The number of hydrogen-bond acceptors (Lipinski definition) is 1. The van der Waals surface area contributed by atoms with Crippen molar-refractivity contribution in [3.8, 4) is 0 Å². The number of benzene rings is 2. The zero-order valence-electron chi connectivity index (χ0n) is 14.4. The van der Waals surface area contributed by atoms with E-state index in [-0.39, 0.29) is 11.3 Å². The van der Waals surface area contributed by atoms with Crippen molar-refractivity contribution in [1.29, 1.82) is 0 Å². The van der Waals surface area contributed by atoms with E-state index in [2.05, 4.69) is 45.1 Å². The fraction of sp³-hybridized carbons (Fsp3) is 0.350. The molecule has 0 aliphatic heterocycles. The van der Waals surface area contributed by atoms with Gasteiger partial charge in [-0.25, -0.2) is 0 Å². The van der Waals surface area contributed by atoms with Gasteiger partial charge >= 0.3 is 0 Å². The van der Waals surface area contributed by atoms with Crippen LogP contribution in [0.1, 0.15) is 53.4 Å². The lowest BCUT2D eigenvalue weighted by atomic mass is 9.86. The molecule has 0 saturated heterocycles. The van der Waals surface area contributed by atoms with Gasteiger partial charge in [0.05, 0.1) is 0 Å². The Hall–Kier alpha value is -2.09. The summed E-state index contributed by atoms with van der Waals surface area (Å²) in [5, 5.41) is 3.04. The molecule has 116 valence electrons. The molecule has 0 fully saturated rings. The van der Waals surface area contributed by atoms with Crippen molar-refractivity contribution < 1.29 is 4.79 Å². The van der Waals surface area contributed by atoms with Crippen LogP contribution in [0.3, 0.4) is 0 Å². The first kappa shape index (κ1) is 16.3. The van der Waals surface area contributed by atoms with Gasteiger partial charge in [0.1, 0.15) is 0 Å². The van der Waals surface area contributed by atoms with Gasteiger partial charge in [-0.05, 0) is 55.0 Å². The van der Waals surface area contributed by atoms with Gasteiger partial charge in [-0.3, -0.25) is 4.79 Å². The predicted octanol–water partition coefficient (Wildman–Crippen LogP) is 5.16. The van der Waals surface area contributed by atoms with E-state index in [1.807, 2.05) is 38.1 Å². The molecule has 0 aliphatic carbocycles. The van der Waals surface area contributed by atoms with E-state index < -0.39 is 0 Å². The van der Waals surface area contributed by atoms with Crippen molar-refractivity contribution in [2.75, 3.05) is 5.32 Å². The molecule has 2 aromatic rings. The van der Waals surface area contributed by atoms with Crippen LogP contribution in [0.5, 0.6) is 0 Å². The molecule has 0 spiro atoms. The summed E-state index contributed by atoms with van der Waals surface area (Å²) in [6, 6.07) is 12.0. The molecule has 2 aromatic carbocycles. The Morgan fingerprint density at radius 1 is 0.909 bits per heavy atom. The molecule has 0 bridgehead atoms. The van der Waals surface area contributed by atoms with Gasteiger partial charge in [-0.1, -0.05) is 50.6 Å². The molecule has 0 aromatic heterocycles. The molecule has 2 heteroatoms. The summed E-state index contributed by atoms with van der Waals surface area (Å²) < 4.78 is 0. The van der Waals surface area contributed by atoms with E-state index in [9.17, 15) is 4.79 Å². The average molecular weight is 295 g/mol. The summed E-state index contributed by atoms with van der Waals surface area (Å²) in [6.07, 6.45) is 0. The van der Waals surface area contributed by atoms with Gasteiger partial charge in [-0.2, -0.15) is 0 Å². The van der Waals surface area contributed by atoms with Crippen LogP contribution in [0.25, 0.3) is 0 Å². The molecule has 1 amide bonds. The number of carbonyl (C=O) groups excluding carboxylic acids is 1. The topological polar surface area (TPSA) is 29.1 Å². The molecule has 2 nitrogen and oxygen atoms in total. The van der Waals surface area contributed by atoms with Gasteiger partial charge in [0.2, 0.25) is 0 Å². The second kappa shape index (κ2) is 5.96. The highest BCUT2D eigenvalue weighted by Gasteiger charge is 2.15. The highest BCUT2D eigenvalue weighted by Crippen LogP contribution is 2.24. The van der Waals surface area contributed by atoms with E-state index in [0.29, 0.717) is 5.56 Å². The van der Waals surface area contributed by atoms with Crippen molar-refractivity contribution in [3.05, 3.63) is 64.2 Å². The van der Waals surface area contributed by atoms with Crippen LogP contribution in [0, 0.1) is 20.8 Å². The van der Waals surface area contributed by atoms with Crippen LogP contribution >= 0.6 is 0 Å². The van der Waals surface area contributed by atoms with Gasteiger partial charge in [0, 0.05) is 11.3 Å². The molecule has 0 radical (unpaired) electrons. The van der Waals surface area contributed by atoms with E-state index in [4.69, 9.17) is 0 Å². The second-order valence-electron chi connectivity index (χ2n) is 7.06. The second-order valence-corrected chi connectivity index (χ2v) is 7.06. The van der Waals surface area contributed by atoms with Crippen molar-refractivity contribution >= 4 is 11.6 Å². The standard InChI is InChI=1S/C20H25NO/c1-13-11-14(2)18(15(3)12-13)21-19(22)16-7-9-17(10-8-16)20(4,5)6/h7-12H,1-6H3,(H,21,22). The first-order valence-corrected chi connectivity index (χ1v) is 7.68. The largest absolute Gasteiger partial charge is 0.322 e. The van der Waals surface area contributed by atoms with Gasteiger partial charge in [0.15, 0.2) is 0 Å². The predicted molar refractivity (Wildman–Crippen MR) is 93.7 cm³/mol. The molecule has 22 heavy (non-hydrogen) atoms. The first-order chi connectivity index (χ1) is 10.2. The Bertz CT molecular complexity index is 668. The number of anilines is 1. The normalized spacial score (nSPS) is 11.4. The number of aryl methyl sites for hydroxylation is 3. The molecule has 0 heterocycles. The quantitative estimate of drug-likeness (QED) is 0.814. The van der Waals surface area contributed by atoms with Crippen LogP contribution in [0.15, 0.2) is 36.4 Å². The molecule has 1 N–H and O–H groups in total. The molecular formula is C20H25NO. The molecule has 2 rings (SSSR count). The van der Waals surface area contributed by atoms with E-state index in [1.165, 1.54) is 11.1 Å². The Morgan fingerprint density at radius 2 is 1.41 bits per heavy atom. The minimum Gasteiger partial charge on any atom is -0.322 e. The maximum absolute atomic E-state index is 12.5. The van der Waals surface area contributed by atoms with E-state index >= 15 is 0 Å². The highest BCUT2D eigenvalue weighted by atomic mass is 16.1. The fourth-order valence-corrected chi connectivity index (χ4v) is 2.68. The fourth-order valence-electron chi connectivity index (χ4n) is 2.68. The molecular weight excluding hydrogens is 270 g/mol. The highest BCUT2D eigenvalue weighted by molar-refractivity contribution is 6.05. The van der Waals surface area contributed by atoms with Crippen LogP contribution < -0.4 is 5.32 Å². The van der Waals surface area contributed by atoms with E-state index in [1.54, 1.807) is 0 Å². The van der Waals surface area contributed by atoms with Crippen LogP contribution in [0.4, 0.5) is 5.69 Å². The lowest BCUT2D eigenvalue weighted by Gasteiger charge is -2.19. The van der Waals surface area contributed by atoms with Crippen LogP contribution in [-0.4, -0.2) is 5.91 Å². The third-order valence-corrected chi connectivity index (χ3v) is 3.93. The SMILES string of the molecule is Cc1cc(C)c(NC(=O)c2ccc(C(C)(C)C)cc2)c(C)c1. The lowest BCUT2D eigenvalue weighted by Crippen LogP contribution is -2.15. The number of rotatable bonds is 2. The summed E-state index contributed by atoms with van der Waals surface area (Å²) in [7, 11) is 0. The van der Waals surface area contributed by atoms with Gasteiger partial charge in [0.25, 0.3) is 5.91 Å². The smallest absolute Gasteiger partial charge is 0.255 e. The minimum absolute atomic E-state index is 0.0597. The third kappa shape index (κ3) is 3.56. The maximum Gasteiger partial charge on any atom is 0.255 e. The summed E-state index contributed by atoms with van der Waals surface area (Å²) in [5.41, 5.74) is 6.32. The third-order valence-electron chi connectivity index (χ3n) is 3.93. The number of amides is 1. The van der Waals surface area contributed by atoms with Crippen molar-refractivity contribution in [3.63, 3.8) is 0 Å². The number of nitrogens with one attached hydrogen (secondary N) is 1. The van der Waals surface area contributed by atoms with Crippen molar-refractivity contribution in [1.82, 2.24) is 0 Å². The summed E-state index contributed by atoms with van der Waals surface area (Å²) in [6.45, 7) is 12.6. The summed E-state index contributed by atoms with van der Waals surface area (Å²) in [5.74, 6) is -0.0597.